The van der Waals surface area contributed by atoms with E-state index in [2.05, 4.69) is 15.2 Å². The number of hydrogen-bond acceptors (Lipinski definition) is 7. The lowest BCUT2D eigenvalue weighted by molar-refractivity contribution is -0.384. The van der Waals surface area contributed by atoms with Gasteiger partial charge in [0.25, 0.3) is 5.69 Å². The molecule has 0 fully saturated rings. The fourth-order valence-electron chi connectivity index (χ4n) is 3.48. The minimum Gasteiger partial charge on any atom is -0.382 e. The fourth-order valence-corrected chi connectivity index (χ4v) is 3.48. The third-order valence-electron chi connectivity index (χ3n) is 5.31. The molecular weight excluding hydrogens is 424 g/mol. The number of benzene rings is 2. The van der Waals surface area contributed by atoms with Crippen molar-refractivity contribution in [3.8, 4) is 11.3 Å². The van der Waals surface area contributed by atoms with Crippen molar-refractivity contribution in [1.82, 2.24) is 19.9 Å². The van der Waals surface area contributed by atoms with Crippen LogP contribution in [0.15, 0.2) is 65.7 Å². The predicted octanol–water partition coefficient (Wildman–Crippen LogP) is 3.81. The summed E-state index contributed by atoms with van der Waals surface area (Å²) in [4.78, 5) is 14.2. The van der Waals surface area contributed by atoms with Crippen LogP contribution in [0.2, 0.25) is 0 Å². The van der Waals surface area contributed by atoms with Gasteiger partial charge in [-0.05, 0) is 18.2 Å². The first-order valence-corrected chi connectivity index (χ1v) is 9.49. The standard InChI is InChI=1S/C21H17F2N5O4/c1-13(20-9-19(26-32-20)14-2-5-16(6-3-14)28(30)31)21(29,10-27-12-24-11-25-27)17-7-4-15(22)8-18(17)23/h2-9,11-13,29H,10H2,1H3/t13-,21+/m0/s1. The van der Waals surface area contributed by atoms with Crippen LogP contribution in [-0.2, 0) is 12.1 Å². The molecular formula is C21H17F2N5O4. The molecule has 0 bridgehead atoms. The van der Waals surface area contributed by atoms with Crippen LogP contribution >= 0.6 is 0 Å². The largest absolute Gasteiger partial charge is 0.382 e. The van der Waals surface area contributed by atoms with E-state index in [-0.39, 0.29) is 23.6 Å². The van der Waals surface area contributed by atoms with E-state index < -0.39 is 28.1 Å². The summed E-state index contributed by atoms with van der Waals surface area (Å²) >= 11 is 0. The third-order valence-corrected chi connectivity index (χ3v) is 5.31. The molecule has 0 aliphatic heterocycles. The molecule has 9 nitrogen and oxygen atoms in total. The van der Waals surface area contributed by atoms with E-state index >= 15 is 0 Å². The summed E-state index contributed by atoms with van der Waals surface area (Å²) in [6.07, 6.45) is 2.63. The number of nitrogens with zero attached hydrogens (tertiary/aromatic N) is 5. The van der Waals surface area contributed by atoms with E-state index in [4.69, 9.17) is 4.52 Å². The Labute approximate surface area is 180 Å². The molecule has 0 aliphatic rings. The predicted molar refractivity (Wildman–Crippen MR) is 107 cm³/mol. The van der Waals surface area contributed by atoms with Crippen molar-refractivity contribution in [2.24, 2.45) is 0 Å². The molecule has 4 rings (SSSR count). The summed E-state index contributed by atoms with van der Waals surface area (Å²) in [5.74, 6) is -2.31. The normalized spacial score (nSPS) is 14.1. The molecule has 0 radical (unpaired) electrons. The molecule has 0 saturated carbocycles. The number of aliphatic hydroxyl groups is 1. The zero-order valence-electron chi connectivity index (χ0n) is 16.7. The number of aromatic nitrogens is 4. The van der Waals surface area contributed by atoms with E-state index in [1.807, 2.05) is 0 Å². The lowest BCUT2D eigenvalue weighted by Gasteiger charge is -2.33. The maximum Gasteiger partial charge on any atom is 0.269 e. The van der Waals surface area contributed by atoms with Gasteiger partial charge in [-0.3, -0.25) is 10.1 Å². The van der Waals surface area contributed by atoms with Gasteiger partial charge in [-0.2, -0.15) is 5.10 Å². The molecule has 32 heavy (non-hydrogen) atoms. The SMILES string of the molecule is C[C@@H](c1cc(-c2ccc([N+](=O)[O-])cc2)no1)[C@](O)(Cn1cncn1)c1ccc(F)cc1F. The minimum atomic E-state index is -1.89. The number of hydrogen-bond donors (Lipinski definition) is 1. The first-order chi connectivity index (χ1) is 15.3. The molecule has 2 atom stereocenters. The van der Waals surface area contributed by atoms with Crippen LogP contribution in [0.25, 0.3) is 11.3 Å². The zero-order chi connectivity index (χ0) is 22.9. The van der Waals surface area contributed by atoms with Gasteiger partial charge in [0.15, 0.2) is 0 Å². The number of rotatable bonds is 7. The summed E-state index contributed by atoms with van der Waals surface area (Å²) in [5.41, 5.74) is -1.16. The number of nitro benzene ring substituents is 1. The summed E-state index contributed by atoms with van der Waals surface area (Å²) in [6.45, 7) is 1.42. The minimum absolute atomic E-state index is 0.0696. The number of halogens is 2. The Morgan fingerprint density at radius 3 is 2.59 bits per heavy atom. The topological polar surface area (TPSA) is 120 Å². The molecule has 2 aromatic heterocycles. The van der Waals surface area contributed by atoms with Gasteiger partial charge in [-0.1, -0.05) is 18.1 Å². The van der Waals surface area contributed by atoms with Crippen LogP contribution < -0.4 is 0 Å². The molecule has 11 heteroatoms. The average molecular weight is 441 g/mol. The number of nitro groups is 1. The van der Waals surface area contributed by atoms with E-state index in [0.29, 0.717) is 17.3 Å². The molecule has 4 aromatic rings. The van der Waals surface area contributed by atoms with Gasteiger partial charge in [0.05, 0.1) is 17.4 Å². The van der Waals surface area contributed by atoms with Gasteiger partial charge in [-0.25, -0.2) is 18.4 Å². The molecule has 164 valence electrons. The Morgan fingerprint density at radius 1 is 1.22 bits per heavy atom. The maximum absolute atomic E-state index is 14.7. The van der Waals surface area contributed by atoms with Crippen molar-refractivity contribution in [2.45, 2.75) is 25.0 Å². The van der Waals surface area contributed by atoms with Gasteiger partial charge in [0.1, 0.15) is 41.3 Å². The summed E-state index contributed by atoms with van der Waals surface area (Å²) < 4.78 is 34.9. The highest BCUT2D eigenvalue weighted by atomic mass is 19.1. The van der Waals surface area contributed by atoms with Crippen molar-refractivity contribution >= 4 is 5.69 Å². The second-order valence-electron chi connectivity index (χ2n) is 7.28. The smallest absolute Gasteiger partial charge is 0.269 e. The zero-order valence-corrected chi connectivity index (χ0v) is 16.7. The van der Waals surface area contributed by atoms with E-state index in [9.17, 15) is 24.0 Å². The second kappa shape index (κ2) is 8.27. The molecule has 0 saturated heterocycles. The molecule has 0 unspecified atom stereocenters. The van der Waals surface area contributed by atoms with E-state index in [1.165, 1.54) is 47.7 Å². The molecule has 2 aromatic carbocycles. The average Bonchev–Trinajstić information content (AvgIpc) is 3.45. The van der Waals surface area contributed by atoms with Crippen molar-refractivity contribution in [3.63, 3.8) is 0 Å². The van der Waals surface area contributed by atoms with E-state index in [0.717, 1.165) is 6.07 Å². The second-order valence-corrected chi connectivity index (χ2v) is 7.28. The maximum atomic E-state index is 14.7. The molecule has 0 amide bonds. The monoisotopic (exact) mass is 441 g/mol. The molecule has 2 heterocycles. The Balaban J connectivity index is 1.71. The van der Waals surface area contributed by atoms with Crippen LogP contribution in [0, 0.1) is 21.7 Å². The van der Waals surface area contributed by atoms with Gasteiger partial charge >= 0.3 is 0 Å². The third kappa shape index (κ3) is 3.97. The van der Waals surface area contributed by atoms with Crippen molar-refractivity contribution in [2.75, 3.05) is 0 Å². The quantitative estimate of drug-likeness (QED) is 0.342. The van der Waals surface area contributed by atoms with Crippen molar-refractivity contribution in [3.05, 3.63) is 94.3 Å². The van der Waals surface area contributed by atoms with E-state index in [1.54, 1.807) is 13.0 Å². The fraction of sp³-hybridized carbons (Fsp3) is 0.190. The molecule has 0 spiro atoms. The Hall–Kier alpha value is -3.99. The van der Waals surface area contributed by atoms with Gasteiger partial charge in [0, 0.05) is 35.4 Å². The highest BCUT2D eigenvalue weighted by Gasteiger charge is 2.42. The highest BCUT2D eigenvalue weighted by molar-refractivity contribution is 5.60. The van der Waals surface area contributed by atoms with Gasteiger partial charge in [0.2, 0.25) is 0 Å². The van der Waals surface area contributed by atoms with Gasteiger partial charge < -0.3 is 9.63 Å². The Kier molecular flexibility index (Phi) is 5.49. The first-order valence-electron chi connectivity index (χ1n) is 9.49. The molecule has 1 N–H and O–H groups in total. The van der Waals surface area contributed by atoms with Gasteiger partial charge in [-0.15, -0.1) is 0 Å². The number of non-ortho nitro benzene ring substituents is 1. The molecule has 0 aliphatic carbocycles. The lowest BCUT2D eigenvalue weighted by Crippen LogP contribution is -2.38. The lowest BCUT2D eigenvalue weighted by atomic mass is 9.80. The van der Waals surface area contributed by atoms with Crippen LogP contribution in [0.4, 0.5) is 14.5 Å². The van der Waals surface area contributed by atoms with Crippen molar-refractivity contribution in [1.29, 1.82) is 0 Å². The Morgan fingerprint density at radius 2 is 1.97 bits per heavy atom. The van der Waals surface area contributed by atoms with Crippen LogP contribution in [-0.4, -0.2) is 30.0 Å². The van der Waals surface area contributed by atoms with Crippen LogP contribution in [0.1, 0.15) is 24.2 Å². The summed E-state index contributed by atoms with van der Waals surface area (Å²) in [5, 5.41) is 30.4. The Bertz CT molecular complexity index is 1240. The van der Waals surface area contributed by atoms with Crippen LogP contribution in [0.3, 0.4) is 0 Å². The highest BCUT2D eigenvalue weighted by Crippen LogP contribution is 2.40. The van der Waals surface area contributed by atoms with Crippen molar-refractivity contribution < 1.29 is 23.3 Å². The first kappa shape index (κ1) is 21.2. The van der Waals surface area contributed by atoms with Crippen LogP contribution in [0.5, 0.6) is 0 Å². The summed E-state index contributed by atoms with van der Waals surface area (Å²) in [7, 11) is 0. The summed E-state index contributed by atoms with van der Waals surface area (Å²) in [6, 6.07) is 10.2.